The topological polar surface area (TPSA) is 58.6 Å². The summed E-state index contributed by atoms with van der Waals surface area (Å²) in [5.41, 5.74) is 2.48. The van der Waals surface area contributed by atoms with E-state index in [1.54, 1.807) is 54.4 Å². The lowest BCUT2D eigenvalue weighted by atomic mass is 10.1. The molecule has 0 saturated carbocycles. The van der Waals surface area contributed by atoms with Gasteiger partial charge in [-0.3, -0.25) is 9.59 Å². The standard InChI is InChI=1S/C24H23BrN2O3/c1-3-15-30-22-14-11-18(16-21(22)25)23(28)26-19-12-9-17(10-13-19)24(29)27(2)20-7-5-4-6-8-20/h4-14,16H,3,15H2,1-2H3,(H,26,28). The molecule has 0 aromatic heterocycles. The molecule has 3 aromatic rings. The number of carbonyl (C=O) groups is 2. The molecule has 3 rings (SSSR count). The Bertz CT molecular complexity index is 1020. The third kappa shape index (κ3) is 5.27. The Morgan fingerprint density at radius 3 is 2.27 bits per heavy atom. The second-order valence-electron chi connectivity index (χ2n) is 6.72. The number of hydrogen-bond donors (Lipinski definition) is 1. The molecule has 0 heterocycles. The second-order valence-corrected chi connectivity index (χ2v) is 7.58. The minimum absolute atomic E-state index is 0.120. The van der Waals surface area contributed by atoms with Gasteiger partial charge in [-0.25, -0.2) is 0 Å². The van der Waals surface area contributed by atoms with Crippen molar-refractivity contribution in [2.75, 3.05) is 23.9 Å². The molecule has 0 radical (unpaired) electrons. The molecule has 2 amide bonds. The first-order valence-corrected chi connectivity index (χ1v) is 10.5. The molecule has 0 spiro atoms. The lowest BCUT2D eigenvalue weighted by molar-refractivity contribution is 0.0991. The van der Waals surface area contributed by atoms with Crippen LogP contribution in [0.25, 0.3) is 0 Å². The van der Waals surface area contributed by atoms with Gasteiger partial charge in [0.25, 0.3) is 11.8 Å². The van der Waals surface area contributed by atoms with E-state index < -0.39 is 0 Å². The van der Waals surface area contributed by atoms with Crippen LogP contribution in [0.4, 0.5) is 11.4 Å². The number of hydrogen-bond acceptors (Lipinski definition) is 3. The van der Waals surface area contributed by atoms with Crippen molar-refractivity contribution in [2.24, 2.45) is 0 Å². The van der Waals surface area contributed by atoms with Crippen molar-refractivity contribution in [1.82, 2.24) is 0 Å². The van der Waals surface area contributed by atoms with Crippen molar-refractivity contribution >= 4 is 39.1 Å². The summed E-state index contributed by atoms with van der Waals surface area (Å²) in [6, 6.07) is 21.5. The van der Waals surface area contributed by atoms with Crippen LogP contribution in [-0.2, 0) is 0 Å². The van der Waals surface area contributed by atoms with E-state index in [0.29, 0.717) is 29.2 Å². The summed E-state index contributed by atoms with van der Waals surface area (Å²) in [4.78, 5) is 26.8. The number of carbonyl (C=O) groups excluding carboxylic acids is 2. The van der Waals surface area contributed by atoms with E-state index in [1.165, 1.54) is 0 Å². The van der Waals surface area contributed by atoms with Crippen molar-refractivity contribution in [2.45, 2.75) is 13.3 Å². The minimum Gasteiger partial charge on any atom is -0.492 e. The van der Waals surface area contributed by atoms with Gasteiger partial charge in [-0.1, -0.05) is 25.1 Å². The highest BCUT2D eigenvalue weighted by Gasteiger charge is 2.14. The number of para-hydroxylation sites is 1. The molecule has 0 aliphatic carbocycles. The van der Waals surface area contributed by atoms with Gasteiger partial charge in [0.05, 0.1) is 11.1 Å². The fraction of sp³-hybridized carbons (Fsp3) is 0.167. The number of halogens is 1. The van der Waals surface area contributed by atoms with E-state index >= 15 is 0 Å². The van der Waals surface area contributed by atoms with Crippen molar-refractivity contribution in [3.05, 3.63) is 88.4 Å². The van der Waals surface area contributed by atoms with Crippen LogP contribution in [0.3, 0.4) is 0 Å². The zero-order valence-electron chi connectivity index (χ0n) is 16.9. The fourth-order valence-corrected chi connectivity index (χ4v) is 3.33. The molecule has 5 nitrogen and oxygen atoms in total. The van der Waals surface area contributed by atoms with Gasteiger partial charge >= 0.3 is 0 Å². The number of benzene rings is 3. The van der Waals surface area contributed by atoms with Crippen molar-refractivity contribution in [1.29, 1.82) is 0 Å². The number of rotatable bonds is 7. The quantitative estimate of drug-likeness (QED) is 0.480. The van der Waals surface area contributed by atoms with Crippen LogP contribution in [0.5, 0.6) is 5.75 Å². The average Bonchev–Trinajstić information content (AvgIpc) is 2.78. The van der Waals surface area contributed by atoms with Crippen molar-refractivity contribution in [3.63, 3.8) is 0 Å². The lowest BCUT2D eigenvalue weighted by Crippen LogP contribution is -2.26. The van der Waals surface area contributed by atoms with Gasteiger partial charge in [0.15, 0.2) is 0 Å². The highest BCUT2D eigenvalue weighted by atomic mass is 79.9. The van der Waals surface area contributed by atoms with E-state index in [2.05, 4.69) is 21.2 Å². The van der Waals surface area contributed by atoms with Crippen LogP contribution < -0.4 is 15.0 Å². The molecule has 1 N–H and O–H groups in total. The van der Waals surface area contributed by atoms with Crippen LogP contribution in [0.1, 0.15) is 34.1 Å². The zero-order valence-corrected chi connectivity index (χ0v) is 18.5. The van der Waals surface area contributed by atoms with E-state index in [4.69, 9.17) is 4.74 Å². The number of ether oxygens (including phenoxy) is 1. The molecular formula is C24H23BrN2O3. The highest BCUT2D eigenvalue weighted by Crippen LogP contribution is 2.26. The Morgan fingerprint density at radius 1 is 0.967 bits per heavy atom. The summed E-state index contributed by atoms with van der Waals surface area (Å²) < 4.78 is 6.34. The first-order chi connectivity index (χ1) is 14.5. The summed E-state index contributed by atoms with van der Waals surface area (Å²) in [7, 11) is 1.74. The summed E-state index contributed by atoms with van der Waals surface area (Å²) in [6.45, 7) is 2.66. The number of anilines is 2. The Morgan fingerprint density at radius 2 is 1.63 bits per heavy atom. The van der Waals surface area contributed by atoms with E-state index in [9.17, 15) is 9.59 Å². The normalized spacial score (nSPS) is 10.4. The van der Waals surface area contributed by atoms with E-state index in [-0.39, 0.29) is 11.8 Å². The number of nitrogens with zero attached hydrogens (tertiary/aromatic N) is 1. The molecule has 6 heteroatoms. The SMILES string of the molecule is CCCOc1ccc(C(=O)Nc2ccc(C(=O)N(C)c3ccccc3)cc2)cc1Br. The second kappa shape index (κ2) is 10.1. The summed E-state index contributed by atoms with van der Waals surface area (Å²) in [5.74, 6) is 0.350. The zero-order chi connectivity index (χ0) is 21.5. The molecule has 0 unspecified atom stereocenters. The molecule has 154 valence electrons. The summed E-state index contributed by atoms with van der Waals surface area (Å²) in [5, 5.41) is 2.85. The van der Waals surface area contributed by atoms with Gasteiger partial charge in [-0.2, -0.15) is 0 Å². The average molecular weight is 467 g/mol. The molecule has 0 aliphatic rings. The van der Waals surface area contributed by atoms with Crippen LogP contribution in [0, 0.1) is 0 Å². The Labute approximate surface area is 184 Å². The predicted molar refractivity (Wildman–Crippen MR) is 123 cm³/mol. The monoisotopic (exact) mass is 466 g/mol. The van der Waals surface area contributed by atoms with E-state index in [0.717, 1.165) is 16.6 Å². The maximum absolute atomic E-state index is 12.7. The smallest absolute Gasteiger partial charge is 0.258 e. The van der Waals surface area contributed by atoms with E-state index in [1.807, 2.05) is 37.3 Å². The lowest BCUT2D eigenvalue weighted by Gasteiger charge is -2.17. The molecule has 3 aromatic carbocycles. The summed E-state index contributed by atoms with van der Waals surface area (Å²) in [6.07, 6.45) is 0.911. The van der Waals surface area contributed by atoms with Gasteiger partial charge in [-0.15, -0.1) is 0 Å². The van der Waals surface area contributed by atoms with Gasteiger partial charge in [0, 0.05) is 29.5 Å². The van der Waals surface area contributed by atoms with Crippen LogP contribution >= 0.6 is 15.9 Å². The van der Waals surface area contributed by atoms with Gasteiger partial charge in [0.1, 0.15) is 5.75 Å². The molecule has 0 fully saturated rings. The maximum Gasteiger partial charge on any atom is 0.258 e. The first kappa shape index (κ1) is 21.6. The Balaban J connectivity index is 1.66. The molecule has 0 saturated heterocycles. The van der Waals surface area contributed by atoms with Crippen molar-refractivity contribution < 1.29 is 14.3 Å². The Hall–Kier alpha value is -3.12. The third-order valence-electron chi connectivity index (χ3n) is 4.49. The van der Waals surface area contributed by atoms with Gasteiger partial charge in [-0.05, 0) is 76.9 Å². The van der Waals surface area contributed by atoms with Crippen molar-refractivity contribution in [3.8, 4) is 5.75 Å². The van der Waals surface area contributed by atoms with Crippen LogP contribution in [0.15, 0.2) is 77.3 Å². The number of amides is 2. The van der Waals surface area contributed by atoms with Crippen LogP contribution in [0.2, 0.25) is 0 Å². The fourth-order valence-electron chi connectivity index (χ4n) is 2.83. The first-order valence-electron chi connectivity index (χ1n) is 9.66. The molecule has 0 bridgehead atoms. The highest BCUT2D eigenvalue weighted by molar-refractivity contribution is 9.10. The summed E-state index contributed by atoms with van der Waals surface area (Å²) >= 11 is 3.44. The van der Waals surface area contributed by atoms with Gasteiger partial charge < -0.3 is 15.0 Å². The predicted octanol–water partition coefficient (Wildman–Crippen LogP) is 5.77. The maximum atomic E-state index is 12.7. The largest absolute Gasteiger partial charge is 0.492 e. The van der Waals surface area contributed by atoms with Crippen LogP contribution in [-0.4, -0.2) is 25.5 Å². The molecular weight excluding hydrogens is 444 g/mol. The molecule has 0 atom stereocenters. The Kier molecular flexibility index (Phi) is 7.25. The van der Waals surface area contributed by atoms with Gasteiger partial charge in [0.2, 0.25) is 0 Å². The molecule has 0 aliphatic heterocycles. The molecule has 30 heavy (non-hydrogen) atoms. The third-order valence-corrected chi connectivity index (χ3v) is 5.11. The number of nitrogens with one attached hydrogen (secondary N) is 1. The minimum atomic E-state index is -0.238.